The Labute approximate surface area is 134 Å². The van der Waals surface area contributed by atoms with Crippen LogP contribution >= 0.6 is 0 Å². The van der Waals surface area contributed by atoms with Gasteiger partial charge in [-0.3, -0.25) is 0 Å². The molecule has 0 saturated heterocycles. The molecule has 114 valence electrons. The molecular weight excluding hydrogens is 266 g/mol. The van der Waals surface area contributed by atoms with Crippen molar-refractivity contribution < 1.29 is 4.57 Å². The first kappa shape index (κ1) is 14.0. The van der Waals surface area contributed by atoms with Crippen molar-refractivity contribution in [1.29, 1.82) is 0 Å². The molecule has 1 aromatic carbocycles. The molecule has 1 fully saturated rings. The summed E-state index contributed by atoms with van der Waals surface area (Å²) >= 11 is 0. The van der Waals surface area contributed by atoms with Crippen LogP contribution in [0, 0.1) is 6.92 Å². The predicted octanol–water partition coefficient (Wildman–Crippen LogP) is 4.63. The van der Waals surface area contributed by atoms with Gasteiger partial charge in [-0.1, -0.05) is 31.0 Å². The van der Waals surface area contributed by atoms with Crippen molar-refractivity contribution in [1.82, 2.24) is 0 Å². The molecule has 0 aliphatic heterocycles. The fourth-order valence-electron chi connectivity index (χ4n) is 4.85. The molecule has 2 aromatic rings. The summed E-state index contributed by atoms with van der Waals surface area (Å²) < 4.78 is 2.34. The first-order valence-corrected chi connectivity index (χ1v) is 8.79. The van der Waals surface area contributed by atoms with E-state index in [9.17, 15) is 0 Å². The molecule has 0 bridgehead atoms. The Kier molecular flexibility index (Phi) is 3.32. The molecule has 1 saturated carbocycles. The third-order valence-corrected chi connectivity index (χ3v) is 6.01. The normalized spacial score (nSPS) is 19.4. The summed E-state index contributed by atoms with van der Waals surface area (Å²) in [7, 11) is 2.21. The van der Waals surface area contributed by atoms with Crippen molar-refractivity contribution in [3.05, 3.63) is 53.2 Å². The third kappa shape index (κ3) is 2.10. The lowest BCUT2D eigenvalue weighted by atomic mass is 9.69. The van der Waals surface area contributed by atoms with Gasteiger partial charge in [0.15, 0.2) is 6.20 Å². The number of aryl methyl sites for hydroxylation is 3. The van der Waals surface area contributed by atoms with E-state index in [1.54, 1.807) is 11.1 Å². The van der Waals surface area contributed by atoms with Crippen molar-refractivity contribution >= 4 is 0 Å². The minimum Gasteiger partial charge on any atom is -0.201 e. The van der Waals surface area contributed by atoms with Crippen LogP contribution < -0.4 is 4.57 Å². The quantitative estimate of drug-likeness (QED) is 0.674. The Bertz CT molecular complexity index is 708. The molecule has 22 heavy (non-hydrogen) atoms. The van der Waals surface area contributed by atoms with Gasteiger partial charge in [-0.2, -0.15) is 0 Å². The van der Waals surface area contributed by atoms with Crippen LogP contribution in [-0.2, 0) is 18.9 Å². The first-order valence-electron chi connectivity index (χ1n) is 8.79. The van der Waals surface area contributed by atoms with Gasteiger partial charge in [0.2, 0.25) is 5.69 Å². The number of pyridine rings is 1. The molecule has 1 nitrogen and oxygen atoms in total. The van der Waals surface area contributed by atoms with Crippen LogP contribution in [-0.4, -0.2) is 0 Å². The van der Waals surface area contributed by atoms with Crippen molar-refractivity contribution in [3.8, 4) is 11.3 Å². The highest BCUT2D eigenvalue weighted by molar-refractivity contribution is 5.62. The lowest BCUT2D eigenvalue weighted by molar-refractivity contribution is -0.661. The number of hydrogen-bond donors (Lipinski definition) is 0. The van der Waals surface area contributed by atoms with Crippen molar-refractivity contribution in [2.24, 2.45) is 7.05 Å². The maximum Gasteiger partial charge on any atom is 0.212 e. The van der Waals surface area contributed by atoms with Gasteiger partial charge in [-0.25, -0.2) is 4.57 Å². The summed E-state index contributed by atoms with van der Waals surface area (Å²) in [5, 5.41) is 0. The molecule has 1 heteroatoms. The number of benzene rings is 1. The van der Waals surface area contributed by atoms with Gasteiger partial charge < -0.3 is 0 Å². The Hall–Kier alpha value is -1.63. The number of nitrogens with zero attached hydrogens (tertiary/aromatic N) is 1. The van der Waals surface area contributed by atoms with Crippen LogP contribution in [0.25, 0.3) is 11.3 Å². The summed E-state index contributed by atoms with van der Waals surface area (Å²) in [6, 6.07) is 11.3. The lowest BCUT2D eigenvalue weighted by Gasteiger charge is -2.35. The molecule has 1 heterocycles. The highest BCUT2D eigenvalue weighted by Crippen LogP contribution is 2.49. The molecular formula is C21H26N+. The number of hydrogen-bond acceptors (Lipinski definition) is 0. The fraction of sp³-hybridized carbons (Fsp3) is 0.476. The second-order valence-electron chi connectivity index (χ2n) is 7.36. The molecule has 0 radical (unpaired) electrons. The van der Waals surface area contributed by atoms with E-state index in [4.69, 9.17) is 0 Å². The standard InChI is InChI=1S/C21H26N/c1-16-8-3-4-10-18(16)20-14-19-17(15-22(20)2)9-7-13-21(19)11-5-6-12-21/h3-4,8,10,14-15H,5-7,9,11-13H2,1-2H3/q+1. The highest BCUT2D eigenvalue weighted by Gasteiger charge is 2.40. The van der Waals surface area contributed by atoms with Crippen LogP contribution in [0.2, 0.25) is 0 Å². The molecule has 4 rings (SSSR count). The molecule has 0 atom stereocenters. The van der Waals surface area contributed by atoms with Gasteiger partial charge in [-0.15, -0.1) is 0 Å². The van der Waals surface area contributed by atoms with Gasteiger partial charge in [0.25, 0.3) is 0 Å². The van der Waals surface area contributed by atoms with E-state index in [1.807, 2.05) is 0 Å². The highest BCUT2D eigenvalue weighted by atomic mass is 14.9. The monoisotopic (exact) mass is 292 g/mol. The van der Waals surface area contributed by atoms with Crippen molar-refractivity contribution in [2.75, 3.05) is 0 Å². The largest absolute Gasteiger partial charge is 0.212 e. The third-order valence-electron chi connectivity index (χ3n) is 6.01. The van der Waals surface area contributed by atoms with E-state index in [2.05, 4.69) is 55.1 Å². The molecule has 2 aliphatic carbocycles. The zero-order chi connectivity index (χ0) is 15.2. The molecule has 2 aliphatic rings. The van der Waals surface area contributed by atoms with Gasteiger partial charge in [0, 0.05) is 17.2 Å². The first-order chi connectivity index (χ1) is 10.7. The van der Waals surface area contributed by atoms with Gasteiger partial charge in [-0.05, 0) is 61.6 Å². The minimum atomic E-state index is 0.499. The average molecular weight is 292 g/mol. The van der Waals surface area contributed by atoms with E-state index in [-0.39, 0.29) is 0 Å². The van der Waals surface area contributed by atoms with Gasteiger partial charge in [0.1, 0.15) is 7.05 Å². The van der Waals surface area contributed by atoms with Crippen LogP contribution in [0.1, 0.15) is 55.2 Å². The van der Waals surface area contributed by atoms with Crippen molar-refractivity contribution in [2.45, 2.75) is 57.3 Å². The number of fused-ring (bicyclic) bond motifs is 2. The zero-order valence-electron chi connectivity index (χ0n) is 13.9. The van der Waals surface area contributed by atoms with E-state index >= 15 is 0 Å². The van der Waals surface area contributed by atoms with E-state index in [0.717, 1.165) is 0 Å². The van der Waals surface area contributed by atoms with Crippen LogP contribution in [0.15, 0.2) is 36.5 Å². The molecule has 1 aromatic heterocycles. The average Bonchev–Trinajstić information content (AvgIpc) is 2.97. The van der Waals surface area contributed by atoms with Crippen LogP contribution in [0.4, 0.5) is 0 Å². The SMILES string of the molecule is Cc1ccccc1-c1cc2c(c[n+]1C)CCCC21CCCC1. The second kappa shape index (κ2) is 5.22. The number of aromatic nitrogens is 1. The molecule has 0 unspecified atom stereocenters. The van der Waals surface area contributed by atoms with Gasteiger partial charge >= 0.3 is 0 Å². The Balaban J connectivity index is 1.90. The second-order valence-corrected chi connectivity index (χ2v) is 7.36. The topological polar surface area (TPSA) is 3.88 Å². The van der Waals surface area contributed by atoms with Crippen LogP contribution in [0.3, 0.4) is 0 Å². The number of rotatable bonds is 1. The molecule has 1 spiro atoms. The van der Waals surface area contributed by atoms with Crippen LogP contribution in [0.5, 0.6) is 0 Å². The summed E-state index contributed by atoms with van der Waals surface area (Å²) in [6.45, 7) is 2.22. The fourth-order valence-corrected chi connectivity index (χ4v) is 4.85. The minimum absolute atomic E-state index is 0.499. The van der Waals surface area contributed by atoms with Crippen molar-refractivity contribution in [3.63, 3.8) is 0 Å². The maximum atomic E-state index is 2.53. The van der Waals surface area contributed by atoms with Gasteiger partial charge in [0.05, 0.1) is 0 Å². The predicted molar refractivity (Wildman–Crippen MR) is 90.9 cm³/mol. The zero-order valence-corrected chi connectivity index (χ0v) is 13.9. The Morgan fingerprint density at radius 1 is 1.00 bits per heavy atom. The Morgan fingerprint density at radius 2 is 1.73 bits per heavy atom. The smallest absolute Gasteiger partial charge is 0.201 e. The summed E-state index contributed by atoms with van der Waals surface area (Å²) in [5.41, 5.74) is 7.91. The summed E-state index contributed by atoms with van der Waals surface area (Å²) in [5.74, 6) is 0. The Morgan fingerprint density at radius 3 is 2.50 bits per heavy atom. The summed E-state index contributed by atoms with van der Waals surface area (Å²) in [4.78, 5) is 0. The van der Waals surface area contributed by atoms with E-state index in [0.29, 0.717) is 5.41 Å². The molecule has 0 amide bonds. The van der Waals surface area contributed by atoms with E-state index in [1.165, 1.54) is 61.8 Å². The summed E-state index contributed by atoms with van der Waals surface area (Å²) in [6.07, 6.45) is 12.1. The van der Waals surface area contributed by atoms with E-state index < -0.39 is 0 Å². The molecule has 0 N–H and O–H groups in total. The maximum absolute atomic E-state index is 2.53. The lowest BCUT2D eigenvalue weighted by Crippen LogP contribution is -2.36.